The third-order valence-corrected chi connectivity index (χ3v) is 5.95. The number of Topliss-reactive ketones (excluding diaryl/α,β-unsaturated/α-hetero) is 2. The summed E-state index contributed by atoms with van der Waals surface area (Å²) in [7, 11) is 0. The number of piperidine rings is 1. The van der Waals surface area contributed by atoms with Crippen LogP contribution in [0.5, 0.6) is 0 Å². The normalized spacial score (nSPS) is 15.9. The Morgan fingerprint density at radius 1 is 0.906 bits per heavy atom. The van der Waals surface area contributed by atoms with Crippen LogP contribution in [-0.2, 0) is 0 Å². The average Bonchev–Trinajstić information content (AvgIpc) is 2.83. The van der Waals surface area contributed by atoms with Gasteiger partial charge in [-0.2, -0.15) is 0 Å². The van der Waals surface area contributed by atoms with Gasteiger partial charge in [0.1, 0.15) is 5.82 Å². The Morgan fingerprint density at radius 2 is 1.59 bits per heavy atom. The molecule has 1 aliphatic heterocycles. The van der Waals surface area contributed by atoms with Gasteiger partial charge in [-0.1, -0.05) is 60.7 Å². The highest BCUT2D eigenvalue weighted by atomic mass is 19.1. The molecular weight excluding hydrogens is 405 g/mol. The molecule has 32 heavy (non-hydrogen) atoms. The van der Waals surface area contributed by atoms with Crippen molar-refractivity contribution in [2.24, 2.45) is 5.92 Å². The molecule has 0 aliphatic carbocycles. The van der Waals surface area contributed by atoms with Crippen molar-refractivity contribution >= 4 is 17.5 Å². The summed E-state index contributed by atoms with van der Waals surface area (Å²) in [5.74, 6) is -1.44. The Bertz CT molecular complexity index is 1170. The molecule has 1 heterocycles. The molecule has 1 atom stereocenters. The Morgan fingerprint density at radius 3 is 2.28 bits per heavy atom. The summed E-state index contributed by atoms with van der Waals surface area (Å²) in [4.78, 5) is 39.7. The molecule has 0 N–H and O–H groups in total. The number of carbonyl (C=O) groups is 3. The molecule has 162 valence electrons. The Balaban J connectivity index is 1.52. The number of rotatable bonds is 5. The summed E-state index contributed by atoms with van der Waals surface area (Å²) in [6.45, 7) is 2.21. The summed E-state index contributed by atoms with van der Waals surface area (Å²) in [6, 6.07) is 20.5. The van der Waals surface area contributed by atoms with Gasteiger partial charge in [-0.3, -0.25) is 14.4 Å². The van der Waals surface area contributed by atoms with E-state index in [0.717, 1.165) is 5.56 Å². The predicted molar refractivity (Wildman–Crippen MR) is 121 cm³/mol. The predicted octanol–water partition coefficient (Wildman–Crippen LogP) is 5.43. The molecule has 0 saturated carbocycles. The molecule has 0 bridgehead atoms. The van der Waals surface area contributed by atoms with E-state index in [1.165, 1.54) is 13.0 Å². The number of likely N-dealkylation sites (tertiary alicyclic amines) is 1. The molecule has 3 aromatic carbocycles. The van der Waals surface area contributed by atoms with Crippen LogP contribution in [0.3, 0.4) is 0 Å². The van der Waals surface area contributed by atoms with Gasteiger partial charge in [0.15, 0.2) is 11.6 Å². The van der Waals surface area contributed by atoms with Crippen LogP contribution in [0, 0.1) is 11.7 Å². The molecule has 0 aromatic heterocycles. The lowest BCUT2D eigenvalue weighted by molar-refractivity contribution is 0.0633. The lowest BCUT2D eigenvalue weighted by Gasteiger charge is -2.32. The van der Waals surface area contributed by atoms with Crippen molar-refractivity contribution in [3.63, 3.8) is 0 Å². The summed E-state index contributed by atoms with van der Waals surface area (Å²) in [5.41, 5.74) is 2.24. The molecule has 3 aromatic rings. The fourth-order valence-corrected chi connectivity index (χ4v) is 4.28. The summed E-state index contributed by atoms with van der Waals surface area (Å²) >= 11 is 0. The van der Waals surface area contributed by atoms with E-state index in [0.29, 0.717) is 41.6 Å². The van der Waals surface area contributed by atoms with Crippen molar-refractivity contribution in [1.29, 1.82) is 0 Å². The first-order valence-electron chi connectivity index (χ1n) is 10.7. The SMILES string of the molecule is CC(=O)c1ccccc1C(=O)N1CCC[C@@H](C(=O)c2ccc(-c3ccccc3)c(F)c2)C1. The van der Waals surface area contributed by atoms with Crippen molar-refractivity contribution in [1.82, 2.24) is 4.90 Å². The van der Waals surface area contributed by atoms with E-state index in [1.54, 1.807) is 41.3 Å². The summed E-state index contributed by atoms with van der Waals surface area (Å²) in [5, 5.41) is 0. The number of carbonyl (C=O) groups excluding carboxylic acids is 3. The molecule has 1 fully saturated rings. The van der Waals surface area contributed by atoms with Gasteiger partial charge in [0.05, 0.1) is 5.56 Å². The molecular formula is C27H24FNO3. The fourth-order valence-electron chi connectivity index (χ4n) is 4.28. The van der Waals surface area contributed by atoms with E-state index in [1.807, 2.05) is 30.3 Å². The molecule has 4 nitrogen and oxygen atoms in total. The minimum atomic E-state index is -0.443. The fraction of sp³-hybridized carbons (Fsp3) is 0.222. The van der Waals surface area contributed by atoms with Crippen molar-refractivity contribution < 1.29 is 18.8 Å². The maximum Gasteiger partial charge on any atom is 0.254 e. The zero-order valence-corrected chi connectivity index (χ0v) is 17.9. The van der Waals surface area contributed by atoms with Crippen molar-refractivity contribution in [2.45, 2.75) is 19.8 Å². The van der Waals surface area contributed by atoms with Crippen LogP contribution >= 0.6 is 0 Å². The second-order valence-electron chi connectivity index (χ2n) is 8.12. The minimum absolute atomic E-state index is 0.166. The van der Waals surface area contributed by atoms with E-state index >= 15 is 0 Å². The van der Waals surface area contributed by atoms with E-state index in [4.69, 9.17) is 0 Å². The second-order valence-corrected chi connectivity index (χ2v) is 8.12. The van der Waals surface area contributed by atoms with Gasteiger partial charge in [0.2, 0.25) is 0 Å². The second kappa shape index (κ2) is 9.27. The first-order valence-corrected chi connectivity index (χ1v) is 10.7. The van der Waals surface area contributed by atoms with Gasteiger partial charge in [0.25, 0.3) is 5.91 Å². The summed E-state index contributed by atoms with van der Waals surface area (Å²) in [6.07, 6.45) is 1.31. The highest BCUT2D eigenvalue weighted by molar-refractivity contribution is 6.07. The Kier molecular flexibility index (Phi) is 6.26. The largest absolute Gasteiger partial charge is 0.338 e. The van der Waals surface area contributed by atoms with Crippen molar-refractivity contribution in [3.05, 3.63) is 95.3 Å². The third-order valence-electron chi connectivity index (χ3n) is 5.95. The maximum atomic E-state index is 14.8. The molecule has 5 heteroatoms. The quantitative estimate of drug-likeness (QED) is 0.508. The topological polar surface area (TPSA) is 54.5 Å². The van der Waals surface area contributed by atoms with Gasteiger partial charge < -0.3 is 4.90 Å². The van der Waals surface area contributed by atoms with Crippen molar-refractivity contribution in [2.75, 3.05) is 13.1 Å². The van der Waals surface area contributed by atoms with Gasteiger partial charge in [-0.15, -0.1) is 0 Å². The van der Waals surface area contributed by atoms with Gasteiger partial charge in [0, 0.05) is 35.7 Å². The first kappa shape index (κ1) is 21.6. The lowest BCUT2D eigenvalue weighted by Crippen LogP contribution is -2.42. The van der Waals surface area contributed by atoms with Crippen LogP contribution in [0.4, 0.5) is 4.39 Å². The van der Waals surface area contributed by atoms with Crippen LogP contribution in [0.2, 0.25) is 0 Å². The highest BCUT2D eigenvalue weighted by Crippen LogP contribution is 2.27. The molecule has 0 unspecified atom stereocenters. The van der Waals surface area contributed by atoms with Gasteiger partial charge in [-0.05, 0) is 37.5 Å². The van der Waals surface area contributed by atoms with Crippen LogP contribution < -0.4 is 0 Å². The van der Waals surface area contributed by atoms with Crippen LogP contribution in [-0.4, -0.2) is 35.5 Å². The number of ketones is 2. The van der Waals surface area contributed by atoms with Crippen LogP contribution in [0.25, 0.3) is 11.1 Å². The minimum Gasteiger partial charge on any atom is -0.338 e. The standard InChI is InChI=1S/C27H24FNO3/c1-18(30)22-11-5-6-12-24(22)27(32)29-15-7-10-21(17-29)26(31)20-13-14-23(25(28)16-20)19-8-3-2-4-9-19/h2-6,8-9,11-14,16,21H,7,10,15,17H2,1H3/t21-/m1/s1. The molecule has 1 amide bonds. The lowest BCUT2D eigenvalue weighted by atomic mass is 9.88. The number of amides is 1. The molecule has 0 radical (unpaired) electrons. The molecule has 0 spiro atoms. The van der Waals surface area contributed by atoms with Crippen molar-refractivity contribution in [3.8, 4) is 11.1 Å². The molecule has 1 aliphatic rings. The smallest absolute Gasteiger partial charge is 0.254 e. The maximum absolute atomic E-state index is 14.8. The summed E-state index contributed by atoms with van der Waals surface area (Å²) < 4.78 is 14.8. The van der Waals surface area contributed by atoms with Crippen LogP contribution in [0.1, 0.15) is 50.8 Å². The highest BCUT2D eigenvalue weighted by Gasteiger charge is 2.31. The van der Waals surface area contributed by atoms with E-state index < -0.39 is 11.7 Å². The van der Waals surface area contributed by atoms with E-state index in [9.17, 15) is 18.8 Å². The Hall–Kier alpha value is -3.60. The van der Waals surface area contributed by atoms with Crippen LogP contribution in [0.15, 0.2) is 72.8 Å². The van der Waals surface area contributed by atoms with E-state index in [2.05, 4.69) is 0 Å². The first-order chi connectivity index (χ1) is 15.5. The Labute approximate surface area is 186 Å². The number of hydrogen-bond donors (Lipinski definition) is 0. The van der Waals surface area contributed by atoms with E-state index in [-0.39, 0.29) is 24.0 Å². The monoisotopic (exact) mass is 429 g/mol. The number of halogens is 1. The van der Waals surface area contributed by atoms with Gasteiger partial charge >= 0.3 is 0 Å². The zero-order chi connectivity index (χ0) is 22.7. The zero-order valence-electron chi connectivity index (χ0n) is 17.9. The average molecular weight is 429 g/mol. The van der Waals surface area contributed by atoms with Gasteiger partial charge in [-0.25, -0.2) is 4.39 Å². The molecule has 4 rings (SSSR count). The third kappa shape index (κ3) is 4.37. The molecule has 1 saturated heterocycles. The number of hydrogen-bond acceptors (Lipinski definition) is 3. The number of benzene rings is 3. The number of nitrogens with zero attached hydrogens (tertiary/aromatic N) is 1.